The Kier molecular flexibility index (Phi) is 4.32. The van der Waals surface area contributed by atoms with Crippen molar-refractivity contribution in [3.63, 3.8) is 0 Å². The molecule has 0 radical (unpaired) electrons. The number of hydrogen-bond donors (Lipinski definition) is 0. The first-order valence-corrected chi connectivity index (χ1v) is 9.68. The van der Waals surface area contributed by atoms with Crippen LogP contribution in [0.5, 0.6) is 0 Å². The van der Waals surface area contributed by atoms with Crippen LogP contribution < -0.4 is 0 Å². The quantitative estimate of drug-likeness (QED) is 0.605. The fraction of sp³-hybridized carbons (Fsp3) is 0.333. The number of hydrogen-bond acceptors (Lipinski definition) is 5. The summed E-state index contributed by atoms with van der Waals surface area (Å²) in [6.45, 7) is 6.29. The van der Waals surface area contributed by atoms with E-state index in [0.717, 1.165) is 56.5 Å². The third kappa shape index (κ3) is 3.21. The van der Waals surface area contributed by atoms with Gasteiger partial charge in [-0.15, -0.1) is 0 Å². The molecule has 0 N–H and O–H groups in total. The lowest BCUT2D eigenvalue weighted by Crippen LogP contribution is -2.74. The van der Waals surface area contributed by atoms with Crippen LogP contribution >= 0.6 is 11.6 Å². The SMILES string of the molecule is Clc1ccccc1/C=N\N=C(/c1ccccc1)C12CN3CN(CN(C3)C1)C2. The van der Waals surface area contributed by atoms with Gasteiger partial charge in [0, 0.05) is 30.2 Å². The summed E-state index contributed by atoms with van der Waals surface area (Å²) in [5.74, 6) is 0. The van der Waals surface area contributed by atoms with Crippen LogP contribution in [-0.4, -0.2) is 66.3 Å². The maximum absolute atomic E-state index is 6.25. The van der Waals surface area contributed by atoms with Gasteiger partial charge in [-0.1, -0.05) is 60.1 Å². The highest BCUT2D eigenvalue weighted by molar-refractivity contribution is 6.33. The van der Waals surface area contributed by atoms with Crippen molar-refractivity contribution in [3.8, 4) is 0 Å². The monoisotopic (exact) mass is 379 g/mol. The lowest BCUT2D eigenvalue weighted by Gasteiger charge is -2.60. The Morgan fingerprint density at radius 1 is 0.852 bits per heavy atom. The van der Waals surface area contributed by atoms with Crippen molar-refractivity contribution >= 4 is 23.5 Å². The lowest BCUT2D eigenvalue weighted by molar-refractivity contribution is -0.149. The van der Waals surface area contributed by atoms with Crippen LogP contribution in [0.15, 0.2) is 64.8 Å². The maximum Gasteiger partial charge on any atom is 0.0802 e. The number of nitrogens with zero attached hydrogens (tertiary/aromatic N) is 5. The van der Waals surface area contributed by atoms with E-state index in [-0.39, 0.29) is 5.41 Å². The van der Waals surface area contributed by atoms with Crippen molar-refractivity contribution in [3.05, 3.63) is 70.7 Å². The molecule has 4 bridgehead atoms. The van der Waals surface area contributed by atoms with Crippen LogP contribution in [-0.2, 0) is 0 Å². The predicted octanol–water partition coefficient (Wildman–Crippen LogP) is 2.97. The van der Waals surface area contributed by atoms with Crippen LogP contribution in [0.25, 0.3) is 0 Å². The van der Waals surface area contributed by atoms with Gasteiger partial charge in [0.15, 0.2) is 0 Å². The van der Waals surface area contributed by atoms with E-state index in [1.54, 1.807) is 6.21 Å². The van der Waals surface area contributed by atoms with Gasteiger partial charge in [-0.05, 0) is 11.6 Å². The number of benzene rings is 2. The van der Waals surface area contributed by atoms with E-state index in [0.29, 0.717) is 5.02 Å². The Hall–Kier alpha value is -2.05. The Morgan fingerprint density at radius 3 is 2.07 bits per heavy atom. The molecule has 5 nitrogen and oxygen atoms in total. The molecule has 0 amide bonds. The maximum atomic E-state index is 6.25. The first kappa shape index (κ1) is 17.1. The smallest absolute Gasteiger partial charge is 0.0802 e. The zero-order valence-corrected chi connectivity index (χ0v) is 15.9. The van der Waals surface area contributed by atoms with E-state index < -0.39 is 0 Å². The van der Waals surface area contributed by atoms with E-state index in [2.05, 4.69) is 44.1 Å². The second-order valence-corrected chi connectivity index (χ2v) is 8.18. The molecule has 0 saturated carbocycles. The zero-order chi connectivity index (χ0) is 18.3. The summed E-state index contributed by atoms with van der Waals surface area (Å²) < 4.78 is 0. The van der Waals surface area contributed by atoms with Crippen molar-refractivity contribution in [2.45, 2.75) is 0 Å². The summed E-state index contributed by atoms with van der Waals surface area (Å²) >= 11 is 6.25. The van der Waals surface area contributed by atoms with E-state index in [1.165, 1.54) is 0 Å². The van der Waals surface area contributed by atoms with Gasteiger partial charge < -0.3 is 0 Å². The number of halogens is 1. The summed E-state index contributed by atoms with van der Waals surface area (Å²) in [5.41, 5.74) is 3.11. The van der Waals surface area contributed by atoms with Gasteiger partial charge in [-0.25, -0.2) is 0 Å². The van der Waals surface area contributed by atoms with Gasteiger partial charge in [0.05, 0.1) is 37.3 Å². The molecule has 4 heterocycles. The standard InChI is InChI=1S/C21H22ClN5/c22-19-9-5-4-8-18(19)10-23-24-20(17-6-2-1-3-7-17)21-11-25-14-26(12-21)16-27(13-21)15-25/h1-10H,11-16H2/b23-10-,24-20+. The Morgan fingerprint density at radius 2 is 1.44 bits per heavy atom. The molecule has 4 fully saturated rings. The topological polar surface area (TPSA) is 34.4 Å². The van der Waals surface area contributed by atoms with Crippen LogP contribution in [0, 0.1) is 5.41 Å². The molecule has 27 heavy (non-hydrogen) atoms. The summed E-state index contributed by atoms with van der Waals surface area (Å²) in [6, 6.07) is 18.2. The summed E-state index contributed by atoms with van der Waals surface area (Å²) in [4.78, 5) is 7.52. The fourth-order valence-corrected chi connectivity index (χ4v) is 4.92. The summed E-state index contributed by atoms with van der Waals surface area (Å²) in [5, 5.41) is 9.92. The molecule has 6 rings (SSSR count). The largest absolute Gasteiger partial charge is 0.276 e. The molecule has 138 valence electrons. The van der Waals surface area contributed by atoms with Crippen LogP contribution in [0.3, 0.4) is 0 Å². The lowest BCUT2D eigenvalue weighted by atomic mass is 9.74. The Labute approximate surface area is 164 Å². The van der Waals surface area contributed by atoms with Crippen LogP contribution in [0.4, 0.5) is 0 Å². The van der Waals surface area contributed by atoms with Gasteiger partial charge in [-0.3, -0.25) is 14.7 Å². The minimum Gasteiger partial charge on any atom is -0.276 e. The normalized spacial score (nSPS) is 32.3. The third-order valence-electron chi connectivity index (χ3n) is 5.59. The molecule has 2 aromatic rings. The van der Waals surface area contributed by atoms with E-state index in [9.17, 15) is 0 Å². The molecular formula is C21H22ClN5. The summed E-state index contributed by atoms with van der Waals surface area (Å²) in [7, 11) is 0. The molecule has 0 spiro atoms. The van der Waals surface area contributed by atoms with Crippen molar-refractivity contribution in [2.24, 2.45) is 15.6 Å². The zero-order valence-electron chi connectivity index (χ0n) is 15.1. The molecule has 4 aliphatic rings. The third-order valence-corrected chi connectivity index (χ3v) is 5.93. The fourth-order valence-electron chi connectivity index (χ4n) is 4.74. The molecular weight excluding hydrogens is 358 g/mol. The second kappa shape index (κ2) is 6.84. The highest BCUT2D eigenvalue weighted by Crippen LogP contribution is 2.38. The molecule has 6 heteroatoms. The molecule has 2 aromatic carbocycles. The van der Waals surface area contributed by atoms with Gasteiger partial charge in [0.1, 0.15) is 0 Å². The highest BCUT2D eigenvalue weighted by Gasteiger charge is 2.51. The van der Waals surface area contributed by atoms with Crippen molar-refractivity contribution < 1.29 is 0 Å². The predicted molar refractivity (Wildman–Crippen MR) is 109 cm³/mol. The van der Waals surface area contributed by atoms with Gasteiger partial charge >= 0.3 is 0 Å². The molecule has 0 unspecified atom stereocenters. The van der Waals surface area contributed by atoms with Gasteiger partial charge in [0.2, 0.25) is 0 Å². The van der Waals surface area contributed by atoms with Crippen molar-refractivity contribution in [1.82, 2.24) is 14.7 Å². The Bertz CT molecular complexity index is 857. The van der Waals surface area contributed by atoms with Crippen LogP contribution in [0.1, 0.15) is 11.1 Å². The number of rotatable bonds is 4. The first-order chi connectivity index (χ1) is 13.2. The van der Waals surface area contributed by atoms with Crippen LogP contribution in [0.2, 0.25) is 5.02 Å². The molecule has 0 aliphatic carbocycles. The van der Waals surface area contributed by atoms with E-state index in [4.69, 9.17) is 16.7 Å². The molecule has 0 atom stereocenters. The average Bonchev–Trinajstić information content (AvgIpc) is 2.66. The highest BCUT2D eigenvalue weighted by atomic mass is 35.5. The second-order valence-electron chi connectivity index (χ2n) is 7.77. The van der Waals surface area contributed by atoms with Crippen molar-refractivity contribution in [1.29, 1.82) is 0 Å². The molecule has 0 aromatic heterocycles. The molecule has 4 saturated heterocycles. The summed E-state index contributed by atoms with van der Waals surface area (Å²) in [6.07, 6.45) is 1.76. The average molecular weight is 380 g/mol. The minimum absolute atomic E-state index is 0.00603. The molecule has 4 aliphatic heterocycles. The van der Waals surface area contributed by atoms with Gasteiger partial charge in [-0.2, -0.15) is 10.2 Å². The van der Waals surface area contributed by atoms with E-state index in [1.807, 2.05) is 30.3 Å². The van der Waals surface area contributed by atoms with Gasteiger partial charge in [0.25, 0.3) is 0 Å². The first-order valence-electron chi connectivity index (χ1n) is 9.30. The van der Waals surface area contributed by atoms with Crippen molar-refractivity contribution in [2.75, 3.05) is 39.6 Å². The minimum atomic E-state index is -0.00603. The Balaban J connectivity index is 1.53. The van der Waals surface area contributed by atoms with E-state index >= 15 is 0 Å².